The molecule has 8 heteroatoms. The van der Waals surface area contributed by atoms with E-state index in [0.29, 0.717) is 0 Å². The number of nitrogens with zero attached hydrogens (tertiary/aromatic N) is 4. The fourth-order valence-corrected chi connectivity index (χ4v) is 3.59. The molecule has 0 aliphatic heterocycles. The molecule has 2 amide bonds. The maximum absolute atomic E-state index is 12.5. The summed E-state index contributed by atoms with van der Waals surface area (Å²) in [5.74, 6) is 0.347. The normalized spacial score (nSPS) is 11.7. The van der Waals surface area contributed by atoms with Gasteiger partial charge in [0.25, 0.3) is 0 Å². The van der Waals surface area contributed by atoms with Gasteiger partial charge in [-0.1, -0.05) is 29.8 Å². The molecule has 0 bridgehead atoms. The Morgan fingerprint density at radius 3 is 2.43 bits per heavy atom. The van der Waals surface area contributed by atoms with Crippen LogP contribution in [0.4, 0.5) is 5.69 Å². The average Bonchev–Trinajstić information content (AvgIpc) is 3.29. The molecular formula is C22H25N5O2S. The second kappa shape index (κ2) is 10.1. The number of hydrogen-bond donors (Lipinski definition) is 1. The van der Waals surface area contributed by atoms with Crippen molar-refractivity contribution in [3.8, 4) is 5.69 Å². The summed E-state index contributed by atoms with van der Waals surface area (Å²) in [7, 11) is 1.78. The molecule has 1 heterocycles. The molecule has 1 N–H and O–H groups in total. The second-order valence-electron chi connectivity index (χ2n) is 7.02. The molecule has 0 radical (unpaired) electrons. The molecule has 30 heavy (non-hydrogen) atoms. The number of hydrogen-bond acceptors (Lipinski definition) is 5. The van der Waals surface area contributed by atoms with Crippen LogP contribution in [0.15, 0.2) is 61.2 Å². The molecule has 0 aliphatic rings. The highest BCUT2D eigenvalue weighted by Crippen LogP contribution is 2.21. The molecule has 0 unspecified atom stereocenters. The fourth-order valence-electron chi connectivity index (χ4n) is 2.85. The Morgan fingerprint density at radius 1 is 1.10 bits per heavy atom. The molecule has 7 nitrogen and oxygen atoms in total. The van der Waals surface area contributed by atoms with Crippen LogP contribution >= 0.6 is 11.8 Å². The van der Waals surface area contributed by atoms with Crippen LogP contribution in [0, 0.1) is 6.92 Å². The number of rotatable bonds is 8. The molecule has 0 spiro atoms. The number of nitrogens with one attached hydrogen (secondary N) is 1. The lowest BCUT2D eigenvalue weighted by Crippen LogP contribution is -2.31. The summed E-state index contributed by atoms with van der Waals surface area (Å²) in [6.45, 7) is 3.98. The van der Waals surface area contributed by atoms with Gasteiger partial charge in [-0.05, 0) is 43.7 Å². The smallest absolute Gasteiger partial charge is 0.234 e. The zero-order valence-corrected chi connectivity index (χ0v) is 18.1. The van der Waals surface area contributed by atoms with Gasteiger partial charge in [0.2, 0.25) is 11.8 Å². The quantitative estimate of drug-likeness (QED) is 0.600. The topological polar surface area (TPSA) is 80.1 Å². The Hall–Kier alpha value is -3.13. The predicted molar refractivity (Wildman–Crippen MR) is 120 cm³/mol. The van der Waals surface area contributed by atoms with E-state index < -0.39 is 0 Å². The van der Waals surface area contributed by atoms with E-state index >= 15 is 0 Å². The van der Waals surface area contributed by atoms with Gasteiger partial charge in [0.15, 0.2) is 0 Å². The van der Waals surface area contributed by atoms with Crippen LogP contribution < -0.4 is 5.32 Å². The number of amides is 2. The summed E-state index contributed by atoms with van der Waals surface area (Å²) < 4.78 is 1.68. The van der Waals surface area contributed by atoms with Crippen LogP contribution in [0.2, 0.25) is 0 Å². The third kappa shape index (κ3) is 5.70. The van der Waals surface area contributed by atoms with Crippen molar-refractivity contribution in [2.45, 2.75) is 19.9 Å². The molecule has 1 aromatic heterocycles. The maximum atomic E-state index is 12.5. The van der Waals surface area contributed by atoms with Crippen molar-refractivity contribution >= 4 is 29.3 Å². The van der Waals surface area contributed by atoms with E-state index in [0.717, 1.165) is 22.5 Å². The Balaban J connectivity index is 1.46. The molecule has 2 aromatic carbocycles. The average molecular weight is 424 g/mol. The van der Waals surface area contributed by atoms with E-state index in [1.165, 1.54) is 18.1 Å². The molecule has 0 fully saturated rings. The third-order valence-corrected chi connectivity index (χ3v) is 5.74. The Morgan fingerprint density at radius 2 is 1.80 bits per heavy atom. The molecule has 3 aromatic rings. The SMILES string of the molecule is Cc1ccc(NC(=O)CSCC(=O)N(C)[C@@H](C)c2ccc(-n3cncn3)cc2)cc1. The predicted octanol–water partition coefficient (Wildman–Crippen LogP) is 3.47. The number of thioether (sulfide) groups is 1. The maximum Gasteiger partial charge on any atom is 0.234 e. The number of carbonyl (C=O) groups excluding carboxylic acids is 2. The summed E-state index contributed by atoms with van der Waals surface area (Å²) in [5, 5.41) is 6.95. The van der Waals surface area contributed by atoms with Gasteiger partial charge < -0.3 is 10.2 Å². The van der Waals surface area contributed by atoms with Crippen molar-refractivity contribution in [3.63, 3.8) is 0 Å². The van der Waals surface area contributed by atoms with Crippen molar-refractivity contribution in [1.29, 1.82) is 0 Å². The summed E-state index contributed by atoms with van der Waals surface area (Å²) in [6.07, 6.45) is 3.13. The molecule has 0 saturated carbocycles. The minimum absolute atomic E-state index is 0.0176. The first-order valence-electron chi connectivity index (χ1n) is 9.59. The summed E-state index contributed by atoms with van der Waals surface area (Å²) in [5.41, 5.74) is 3.83. The summed E-state index contributed by atoms with van der Waals surface area (Å²) in [6, 6.07) is 15.4. The van der Waals surface area contributed by atoms with Crippen molar-refractivity contribution in [1.82, 2.24) is 19.7 Å². The number of carbonyl (C=O) groups is 2. The summed E-state index contributed by atoms with van der Waals surface area (Å²) in [4.78, 5) is 30.3. The van der Waals surface area contributed by atoms with Crippen molar-refractivity contribution in [2.75, 3.05) is 23.9 Å². The monoisotopic (exact) mass is 423 g/mol. The van der Waals surface area contributed by atoms with E-state index in [2.05, 4.69) is 15.4 Å². The van der Waals surface area contributed by atoms with E-state index in [9.17, 15) is 9.59 Å². The highest BCUT2D eigenvalue weighted by Gasteiger charge is 2.18. The molecule has 0 saturated heterocycles. The fraction of sp³-hybridized carbons (Fsp3) is 0.273. The molecule has 0 aliphatic carbocycles. The van der Waals surface area contributed by atoms with Gasteiger partial charge in [-0.25, -0.2) is 9.67 Å². The lowest BCUT2D eigenvalue weighted by atomic mass is 10.1. The molecule has 1 atom stereocenters. The van der Waals surface area contributed by atoms with Crippen molar-refractivity contribution in [2.24, 2.45) is 0 Å². The minimum Gasteiger partial charge on any atom is -0.338 e. The van der Waals surface area contributed by atoms with E-state index in [1.54, 1.807) is 23.0 Å². The zero-order chi connectivity index (χ0) is 21.5. The van der Waals surface area contributed by atoms with Crippen molar-refractivity contribution < 1.29 is 9.59 Å². The number of anilines is 1. The van der Waals surface area contributed by atoms with Crippen LogP contribution in [0.3, 0.4) is 0 Å². The largest absolute Gasteiger partial charge is 0.338 e. The van der Waals surface area contributed by atoms with Gasteiger partial charge in [-0.15, -0.1) is 11.8 Å². The van der Waals surface area contributed by atoms with Crippen LogP contribution in [-0.2, 0) is 9.59 Å². The van der Waals surface area contributed by atoms with Gasteiger partial charge in [-0.2, -0.15) is 5.10 Å². The second-order valence-corrected chi connectivity index (χ2v) is 8.00. The standard InChI is InChI=1S/C22H25N5O2S/c1-16-4-8-19(9-5-16)25-21(28)12-30-13-22(29)26(3)17(2)18-6-10-20(11-7-18)27-15-23-14-24-27/h4-11,14-15,17H,12-13H2,1-3H3,(H,25,28)/t17-/m0/s1. The molecule has 156 valence electrons. The highest BCUT2D eigenvalue weighted by molar-refractivity contribution is 8.00. The van der Waals surface area contributed by atoms with Crippen molar-refractivity contribution in [3.05, 3.63) is 72.3 Å². The first-order chi connectivity index (χ1) is 14.4. The first kappa shape index (κ1) is 21.6. The van der Waals surface area contributed by atoms with Gasteiger partial charge in [0.05, 0.1) is 23.2 Å². The Bertz CT molecular complexity index is 972. The molecule has 3 rings (SSSR count). The van der Waals surface area contributed by atoms with Crippen LogP contribution in [0.1, 0.15) is 24.1 Å². The van der Waals surface area contributed by atoms with Gasteiger partial charge in [-0.3, -0.25) is 9.59 Å². The molecular weight excluding hydrogens is 398 g/mol. The van der Waals surface area contributed by atoms with Crippen LogP contribution in [0.25, 0.3) is 5.69 Å². The first-order valence-corrected chi connectivity index (χ1v) is 10.7. The van der Waals surface area contributed by atoms with Gasteiger partial charge in [0.1, 0.15) is 12.7 Å². The highest BCUT2D eigenvalue weighted by atomic mass is 32.2. The van der Waals surface area contributed by atoms with E-state index in [4.69, 9.17) is 0 Å². The Kier molecular flexibility index (Phi) is 7.24. The zero-order valence-electron chi connectivity index (χ0n) is 17.3. The summed E-state index contributed by atoms with van der Waals surface area (Å²) >= 11 is 1.31. The van der Waals surface area contributed by atoms with Gasteiger partial charge in [0, 0.05) is 12.7 Å². The van der Waals surface area contributed by atoms with E-state index in [-0.39, 0.29) is 29.4 Å². The number of benzene rings is 2. The van der Waals surface area contributed by atoms with Crippen LogP contribution in [0.5, 0.6) is 0 Å². The lowest BCUT2D eigenvalue weighted by Gasteiger charge is -2.25. The van der Waals surface area contributed by atoms with Crippen LogP contribution in [-0.4, -0.2) is 50.0 Å². The lowest BCUT2D eigenvalue weighted by molar-refractivity contribution is -0.128. The Labute approximate surface area is 180 Å². The third-order valence-electron chi connectivity index (χ3n) is 4.83. The number of aryl methyl sites for hydroxylation is 1. The minimum atomic E-state index is -0.115. The number of aromatic nitrogens is 3. The van der Waals surface area contributed by atoms with Gasteiger partial charge >= 0.3 is 0 Å². The van der Waals surface area contributed by atoms with E-state index in [1.807, 2.05) is 62.4 Å².